The lowest BCUT2D eigenvalue weighted by atomic mass is 10.1. The van der Waals surface area contributed by atoms with Gasteiger partial charge in [0.05, 0.1) is 0 Å². The monoisotopic (exact) mass is 423 g/mol. The van der Waals surface area contributed by atoms with E-state index in [1.54, 1.807) is 12.1 Å². The van der Waals surface area contributed by atoms with Gasteiger partial charge in [-0.25, -0.2) is 12.7 Å². The zero-order valence-electron chi connectivity index (χ0n) is 11.2. The number of aryl methyl sites for hydroxylation is 1. The Bertz CT molecular complexity index is 658. The minimum absolute atomic E-state index is 0.116. The predicted molar refractivity (Wildman–Crippen MR) is 83.9 cm³/mol. The lowest BCUT2D eigenvalue weighted by Gasteiger charge is -2.18. The molecule has 0 spiro atoms. The summed E-state index contributed by atoms with van der Waals surface area (Å²) in [6, 6.07) is 3.27. The molecule has 1 aliphatic rings. The molecule has 1 heterocycles. The van der Waals surface area contributed by atoms with E-state index in [0.29, 0.717) is 15.4 Å². The molecule has 0 N–H and O–H groups in total. The van der Waals surface area contributed by atoms with Gasteiger partial charge in [-0.3, -0.25) is 4.79 Å². The highest BCUT2D eigenvalue weighted by Gasteiger charge is 2.38. The second-order valence-corrected chi connectivity index (χ2v) is 8.48. The standard InChI is InChI=1S/C13H15Br2NO3S/c1-3-9-5-13(17)16(7-9)20(18,19)12-6-10(14)8(2)4-11(12)15/h4,6,9H,3,5,7H2,1-2H3. The molecular formula is C13H15Br2NO3S. The van der Waals surface area contributed by atoms with Crippen molar-refractivity contribution in [2.75, 3.05) is 6.54 Å². The molecule has 1 unspecified atom stereocenters. The average molecular weight is 425 g/mol. The quantitative estimate of drug-likeness (QED) is 0.746. The summed E-state index contributed by atoms with van der Waals surface area (Å²) in [5.74, 6) is -0.203. The van der Waals surface area contributed by atoms with E-state index in [4.69, 9.17) is 0 Å². The van der Waals surface area contributed by atoms with Gasteiger partial charge in [-0.15, -0.1) is 0 Å². The Morgan fingerprint density at radius 1 is 1.30 bits per heavy atom. The van der Waals surface area contributed by atoms with Crippen LogP contribution in [0.4, 0.5) is 0 Å². The summed E-state index contributed by atoms with van der Waals surface area (Å²) in [7, 11) is -3.79. The average Bonchev–Trinajstić information content (AvgIpc) is 2.75. The van der Waals surface area contributed by atoms with Crippen LogP contribution < -0.4 is 0 Å². The molecule has 1 fully saturated rings. The number of carbonyl (C=O) groups is 1. The Hall–Kier alpha value is -0.400. The number of sulfonamides is 1. The van der Waals surface area contributed by atoms with Crippen LogP contribution in [0.25, 0.3) is 0 Å². The number of hydrogen-bond acceptors (Lipinski definition) is 3. The molecular weight excluding hydrogens is 410 g/mol. The van der Waals surface area contributed by atoms with Gasteiger partial charge in [0, 0.05) is 21.9 Å². The zero-order valence-corrected chi connectivity index (χ0v) is 15.2. The number of benzene rings is 1. The summed E-state index contributed by atoms with van der Waals surface area (Å²) in [5, 5.41) is 0. The Kier molecular flexibility index (Phi) is 4.61. The van der Waals surface area contributed by atoms with Crippen molar-refractivity contribution >= 4 is 47.8 Å². The Balaban J connectivity index is 2.46. The largest absolute Gasteiger partial charge is 0.274 e. The molecule has 4 nitrogen and oxygen atoms in total. The molecule has 2 rings (SSSR count). The molecule has 0 aromatic heterocycles. The molecule has 1 saturated heterocycles. The van der Waals surface area contributed by atoms with E-state index in [2.05, 4.69) is 31.9 Å². The Morgan fingerprint density at radius 3 is 2.50 bits per heavy atom. The lowest BCUT2D eigenvalue weighted by Crippen LogP contribution is -2.32. The van der Waals surface area contributed by atoms with E-state index in [1.165, 1.54) is 0 Å². The van der Waals surface area contributed by atoms with E-state index in [-0.39, 0.29) is 23.3 Å². The van der Waals surface area contributed by atoms with E-state index in [1.807, 2.05) is 13.8 Å². The maximum atomic E-state index is 12.6. The van der Waals surface area contributed by atoms with Crippen LogP contribution in [0.15, 0.2) is 26.0 Å². The van der Waals surface area contributed by atoms with Gasteiger partial charge in [-0.05, 0) is 46.5 Å². The maximum absolute atomic E-state index is 12.6. The normalized spacial score (nSPS) is 19.7. The fourth-order valence-electron chi connectivity index (χ4n) is 2.20. The first-order chi connectivity index (χ1) is 9.27. The van der Waals surface area contributed by atoms with Crippen molar-refractivity contribution in [1.82, 2.24) is 4.31 Å². The highest BCUT2D eigenvalue weighted by molar-refractivity contribution is 9.11. The minimum Gasteiger partial charge on any atom is -0.274 e. The van der Waals surface area contributed by atoms with Crippen LogP contribution in [-0.2, 0) is 14.8 Å². The zero-order chi connectivity index (χ0) is 15.1. The van der Waals surface area contributed by atoms with Gasteiger partial charge in [0.1, 0.15) is 4.90 Å². The van der Waals surface area contributed by atoms with Crippen molar-refractivity contribution in [2.45, 2.75) is 31.6 Å². The van der Waals surface area contributed by atoms with Crippen molar-refractivity contribution in [3.05, 3.63) is 26.6 Å². The minimum atomic E-state index is -3.79. The van der Waals surface area contributed by atoms with Crippen LogP contribution in [0.5, 0.6) is 0 Å². The molecule has 0 radical (unpaired) electrons. The molecule has 0 saturated carbocycles. The SMILES string of the molecule is CCC1CC(=O)N(S(=O)(=O)c2cc(Br)c(C)cc2Br)C1. The van der Waals surface area contributed by atoms with Gasteiger partial charge in [0.2, 0.25) is 5.91 Å². The highest BCUT2D eigenvalue weighted by Crippen LogP contribution is 2.33. The summed E-state index contributed by atoms with van der Waals surface area (Å²) in [6.45, 7) is 4.11. The third kappa shape index (κ3) is 2.80. The first kappa shape index (κ1) is 16.0. The molecule has 1 aliphatic heterocycles. The summed E-state index contributed by atoms with van der Waals surface area (Å²) in [6.07, 6.45) is 1.11. The molecule has 0 bridgehead atoms. The number of halogens is 2. The summed E-state index contributed by atoms with van der Waals surface area (Å²) in [5.41, 5.74) is 0.926. The number of rotatable bonds is 3. The second-order valence-electron chi connectivity index (χ2n) is 4.94. The second kappa shape index (κ2) is 5.77. The first-order valence-corrected chi connectivity index (χ1v) is 9.31. The molecule has 110 valence electrons. The first-order valence-electron chi connectivity index (χ1n) is 6.28. The fourth-order valence-corrected chi connectivity index (χ4v) is 5.33. The van der Waals surface area contributed by atoms with Gasteiger partial charge in [0.25, 0.3) is 10.0 Å². The van der Waals surface area contributed by atoms with E-state index in [9.17, 15) is 13.2 Å². The molecule has 1 aromatic carbocycles. The Labute approximate surface area is 135 Å². The van der Waals surface area contributed by atoms with E-state index < -0.39 is 10.0 Å². The summed E-state index contributed by atoms with van der Waals surface area (Å²) < 4.78 is 27.5. The predicted octanol–water partition coefficient (Wildman–Crippen LogP) is 3.47. The Morgan fingerprint density at radius 2 is 1.95 bits per heavy atom. The molecule has 1 amide bonds. The van der Waals surface area contributed by atoms with Crippen LogP contribution in [0.2, 0.25) is 0 Å². The molecule has 1 atom stereocenters. The summed E-state index contributed by atoms with van der Waals surface area (Å²) >= 11 is 6.61. The van der Waals surface area contributed by atoms with Crippen molar-refractivity contribution < 1.29 is 13.2 Å². The van der Waals surface area contributed by atoms with Crippen LogP contribution in [-0.4, -0.2) is 25.2 Å². The number of amides is 1. The molecule has 7 heteroatoms. The van der Waals surface area contributed by atoms with Crippen LogP contribution in [0.3, 0.4) is 0 Å². The van der Waals surface area contributed by atoms with Crippen molar-refractivity contribution in [3.8, 4) is 0 Å². The molecule has 1 aromatic rings. The highest BCUT2D eigenvalue weighted by atomic mass is 79.9. The van der Waals surface area contributed by atoms with Crippen molar-refractivity contribution in [2.24, 2.45) is 5.92 Å². The molecule has 20 heavy (non-hydrogen) atoms. The number of nitrogens with zero attached hydrogens (tertiary/aromatic N) is 1. The number of hydrogen-bond donors (Lipinski definition) is 0. The van der Waals surface area contributed by atoms with E-state index in [0.717, 1.165) is 16.3 Å². The number of carbonyl (C=O) groups excluding carboxylic acids is 1. The van der Waals surface area contributed by atoms with Gasteiger partial charge in [-0.1, -0.05) is 29.3 Å². The van der Waals surface area contributed by atoms with Crippen LogP contribution >= 0.6 is 31.9 Å². The van der Waals surface area contributed by atoms with Gasteiger partial charge in [-0.2, -0.15) is 0 Å². The fraction of sp³-hybridized carbons (Fsp3) is 0.462. The van der Waals surface area contributed by atoms with Gasteiger partial charge >= 0.3 is 0 Å². The molecule has 0 aliphatic carbocycles. The van der Waals surface area contributed by atoms with Crippen LogP contribution in [0, 0.1) is 12.8 Å². The third-order valence-corrected chi connectivity index (χ3v) is 7.12. The topological polar surface area (TPSA) is 54.5 Å². The lowest BCUT2D eigenvalue weighted by molar-refractivity contribution is -0.123. The van der Waals surface area contributed by atoms with E-state index >= 15 is 0 Å². The summed E-state index contributed by atoms with van der Waals surface area (Å²) in [4.78, 5) is 12.1. The smallest absolute Gasteiger partial charge is 0.267 e. The van der Waals surface area contributed by atoms with Crippen molar-refractivity contribution in [1.29, 1.82) is 0 Å². The van der Waals surface area contributed by atoms with Gasteiger partial charge in [0.15, 0.2) is 0 Å². The van der Waals surface area contributed by atoms with Crippen molar-refractivity contribution in [3.63, 3.8) is 0 Å². The van der Waals surface area contributed by atoms with Crippen LogP contribution in [0.1, 0.15) is 25.3 Å². The van der Waals surface area contributed by atoms with Gasteiger partial charge < -0.3 is 0 Å². The third-order valence-electron chi connectivity index (χ3n) is 3.52. The maximum Gasteiger partial charge on any atom is 0.267 e.